The van der Waals surface area contributed by atoms with Crippen molar-refractivity contribution in [2.75, 3.05) is 23.3 Å². The molecule has 27 heavy (non-hydrogen) atoms. The van der Waals surface area contributed by atoms with Crippen LogP contribution in [-0.2, 0) is 0 Å². The smallest absolute Gasteiger partial charge is 0.293 e. The molecule has 1 aromatic carbocycles. The summed E-state index contributed by atoms with van der Waals surface area (Å²) in [6.07, 6.45) is 6.59. The second kappa shape index (κ2) is 7.59. The summed E-state index contributed by atoms with van der Waals surface area (Å²) in [6, 6.07) is 4.69. The molecule has 8 nitrogen and oxygen atoms in total. The number of nitrogens with one attached hydrogen (secondary N) is 1. The highest BCUT2D eigenvalue weighted by Crippen LogP contribution is 2.42. The molecule has 2 heterocycles. The van der Waals surface area contributed by atoms with Gasteiger partial charge in [-0.1, -0.05) is 24.2 Å². The third kappa shape index (κ3) is 4.08. The molecular weight excluding hydrogens is 366 g/mol. The standard InChI is InChI=1S/C18H21N5O3S/c24-16(19-18-21-20-17(27-18)12-5-6-12)13-7-8-14(15(11-13)23(25)26)22-9-3-1-2-4-10-22/h7-8,11-12H,1-6,9-10H2,(H,19,21,24). The van der Waals surface area contributed by atoms with Crippen LogP contribution < -0.4 is 10.2 Å². The molecule has 1 saturated carbocycles. The average Bonchev–Trinajstić information content (AvgIpc) is 3.46. The van der Waals surface area contributed by atoms with Crippen molar-refractivity contribution < 1.29 is 9.72 Å². The van der Waals surface area contributed by atoms with Crippen molar-refractivity contribution in [2.24, 2.45) is 0 Å². The fraction of sp³-hybridized carbons (Fsp3) is 0.500. The molecular formula is C18H21N5O3S. The Bertz CT molecular complexity index is 856. The van der Waals surface area contributed by atoms with Gasteiger partial charge in [0.2, 0.25) is 5.13 Å². The van der Waals surface area contributed by atoms with Crippen LogP contribution in [0.25, 0.3) is 0 Å². The lowest BCUT2D eigenvalue weighted by molar-refractivity contribution is -0.384. The topological polar surface area (TPSA) is 101 Å². The minimum Gasteiger partial charge on any atom is -0.366 e. The number of nitro groups is 1. The molecule has 0 radical (unpaired) electrons. The average molecular weight is 387 g/mol. The van der Waals surface area contributed by atoms with Crippen LogP contribution in [0.5, 0.6) is 0 Å². The summed E-state index contributed by atoms with van der Waals surface area (Å²) in [5, 5.41) is 23.8. The number of carbonyl (C=O) groups is 1. The molecule has 2 aliphatic rings. The minimum absolute atomic E-state index is 0.0273. The number of aromatic nitrogens is 2. The van der Waals surface area contributed by atoms with E-state index in [4.69, 9.17) is 0 Å². The maximum Gasteiger partial charge on any atom is 0.293 e. The van der Waals surface area contributed by atoms with E-state index < -0.39 is 10.8 Å². The Balaban J connectivity index is 1.54. The summed E-state index contributed by atoms with van der Waals surface area (Å²) >= 11 is 1.37. The number of benzene rings is 1. The summed E-state index contributed by atoms with van der Waals surface area (Å²) < 4.78 is 0. The molecule has 0 spiro atoms. The van der Waals surface area contributed by atoms with Crippen LogP contribution >= 0.6 is 11.3 Å². The summed E-state index contributed by atoms with van der Waals surface area (Å²) in [5.74, 6) is 0.0705. The van der Waals surface area contributed by atoms with Crippen molar-refractivity contribution in [2.45, 2.75) is 44.4 Å². The summed E-state index contributed by atoms with van der Waals surface area (Å²) in [4.78, 5) is 25.8. The van der Waals surface area contributed by atoms with Crippen molar-refractivity contribution in [3.63, 3.8) is 0 Å². The Kier molecular flexibility index (Phi) is 5.02. The van der Waals surface area contributed by atoms with Gasteiger partial charge >= 0.3 is 0 Å². The molecule has 142 valence electrons. The maximum atomic E-state index is 12.5. The van der Waals surface area contributed by atoms with E-state index in [9.17, 15) is 14.9 Å². The fourth-order valence-electron chi connectivity index (χ4n) is 3.34. The number of amides is 1. The third-order valence-electron chi connectivity index (χ3n) is 4.97. The van der Waals surface area contributed by atoms with Gasteiger partial charge in [-0.15, -0.1) is 10.2 Å². The molecule has 1 N–H and O–H groups in total. The molecule has 1 aliphatic carbocycles. The van der Waals surface area contributed by atoms with Crippen LogP contribution in [-0.4, -0.2) is 34.1 Å². The monoisotopic (exact) mass is 387 g/mol. The van der Waals surface area contributed by atoms with E-state index in [0.717, 1.165) is 56.6 Å². The first-order valence-electron chi connectivity index (χ1n) is 9.30. The summed E-state index contributed by atoms with van der Waals surface area (Å²) in [6.45, 7) is 1.61. The van der Waals surface area contributed by atoms with Gasteiger partial charge < -0.3 is 4.90 Å². The normalized spacial score (nSPS) is 17.4. The van der Waals surface area contributed by atoms with E-state index in [2.05, 4.69) is 20.4 Å². The Morgan fingerprint density at radius 1 is 1.19 bits per heavy atom. The predicted molar refractivity (Wildman–Crippen MR) is 104 cm³/mol. The van der Waals surface area contributed by atoms with Gasteiger partial charge in [-0.05, 0) is 37.8 Å². The molecule has 1 saturated heterocycles. The summed E-state index contributed by atoms with van der Waals surface area (Å²) in [5.41, 5.74) is 0.814. The zero-order chi connectivity index (χ0) is 18.8. The molecule has 2 aromatic rings. The molecule has 0 unspecified atom stereocenters. The number of anilines is 2. The Hall–Kier alpha value is -2.55. The number of nitrogens with zero attached hydrogens (tertiary/aromatic N) is 4. The molecule has 4 rings (SSSR count). The number of carbonyl (C=O) groups excluding carboxylic acids is 1. The van der Waals surface area contributed by atoms with E-state index in [1.807, 2.05) is 0 Å². The molecule has 2 fully saturated rings. The van der Waals surface area contributed by atoms with Gasteiger partial charge in [0.05, 0.1) is 4.92 Å². The Labute approximate surface area is 160 Å². The Morgan fingerprint density at radius 3 is 2.59 bits per heavy atom. The largest absolute Gasteiger partial charge is 0.366 e. The van der Waals surface area contributed by atoms with Gasteiger partial charge in [-0.3, -0.25) is 20.2 Å². The lowest BCUT2D eigenvalue weighted by Gasteiger charge is -2.22. The molecule has 0 bridgehead atoms. The second-order valence-corrected chi connectivity index (χ2v) is 8.04. The first kappa shape index (κ1) is 17.8. The van der Waals surface area contributed by atoms with Crippen LogP contribution in [0, 0.1) is 10.1 Å². The quantitative estimate of drug-likeness (QED) is 0.615. The zero-order valence-electron chi connectivity index (χ0n) is 14.9. The van der Waals surface area contributed by atoms with Crippen molar-refractivity contribution >= 4 is 33.8 Å². The molecule has 9 heteroatoms. The van der Waals surface area contributed by atoms with E-state index >= 15 is 0 Å². The maximum absolute atomic E-state index is 12.5. The Morgan fingerprint density at radius 2 is 1.93 bits per heavy atom. The van der Waals surface area contributed by atoms with Crippen LogP contribution in [0.1, 0.15) is 59.8 Å². The highest BCUT2D eigenvalue weighted by molar-refractivity contribution is 7.15. The van der Waals surface area contributed by atoms with Gasteiger partial charge in [0.15, 0.2) is 0 Å². The second-order valence-electron chi connectivity index (χ2n) is 7.04. The lowest BCUT2D eigenvalue weighted by atomic mass is 10.1. The highest BCUT2D eigenvalue weighted by Gasteiger charge is 2.28. The fourth-order valence-corrected chi connectivity index (χ4v) is 4.25. The molecule has 0 atom stereocenters. The first-order chi connectivity index (χ1) is 13.1. The van der Waals surface area contributed by atoms with E-state index in [0.29, 0.717) is 16.7 Å². The number of rotatable bonds is 5. The first-order valence-corrected chi connectivity index (χ1v) is 10.1. The minimum atomic E-state index is -0.410. The van der Waals surface area contributed by atoms with Crippen molar-refractivity contribution in [3.05, 3.63) is 38.9 Å². The van der Waals surface area contributed by atoms with Crippen LogP contribution in [0.2, 0.25) is 0 Å². The molecule has 1 aliphatic heterocycles. The molecule has 1 aromatic heterocycles. The molecule has 1 amide bonds. The van der Waals surface area contributed by atoms with Gasteiger partial charge in [0, 0.05) is 30.6 Å². The van der Waals surface area contributed by atoms with Crippen molar-refractivity contribution in [3.8, 4) is 0 Å². The summed E-state index contributed by atoms with van der Waals surface area (Å²) in [7, 11) is 0. The number of hydrogen-bond donors (Lipinski definition) is 1. The van der Waals surface area contributed by atoms with Gasteiger partial charge in [0.25, 0.3) is 11.6 Å². The van der Waals surface area contributed by atoms with E-state index in [1.54, 1.807) is 12.1 Å². The third-order valence-corrected chi connectivity index (χ3v) is 5.97. The van der Waals surface area contributed by atoms with Gasteiger partial charge in [-0.2, -0.15) is 0 Å². The van der Waals surface area contributed by atoms with Gasteiger partial charge in [0.1, 0.15) is 10.7 Å². The highest BCUT2D eigenvalue weighted by atomic mass is 32.1. The van der Waals surface area contributed by atoms with Crippen LogP contribution in [0.4, 0.5) is 16.5 Å². The van der Waals surface area contributed by atoms with Crippen molar-refractivity contribution in [1.82, 2.24) is 10.2 Å². The predicted octanol–water partition coefficient (Wildman–Crippen LogP) is 3.96. The number of hydrogen-bond acceptors (Lipinski definition) is 7. The lowest BCUT2D eigenvalue weighted by Crippen LogP contribution is -2.25. The van der Waals surface area contributed by atoms with Gasteiger partial charge in [-0.25, -0.2) is 0 Å². The van der Waals surface area contributed by atoms with E-state index in [1.165, 1.54) is 17.4 Å². The van der Waals surface area contributed by atoms with Crippen LogP contribution in [0.3, 0.4) is 0 Å². The SMILES string of the molecule is O=C(Nc1nnc(C2CC2)s1)c1ccc(N2CCCCCC2)c([N+](=O)[O-])c1. The number of nitro benzene ring substituents is 1. The van der Waals surface area contributed by atoms with Crippen molar-refractivity contribution in [1.29, 1.82) is 0 Å². The zero-order valence-corrected chi connectivity index (χ0v) is 15.7. The van der Waals surface area contributed by atoms with Crippen LogP contribution in [0.15, 0.2) is 18.2 Å². The van der Waals surface area contributed by atoms with E-state index in [-0.39, 0.29) is 11.3 Å².